The third-order valence-corrected chi connectivity index (χ3v) is 8.05. The largest absolute Gasteiger partial charge is 0.480 e. The number of hydrogen-bond donors (Lipinski definition) is 3. The van der Waals surface area contributed by atoms with Gasteiger partial charge in [0, 0.05) is 6.42 Å². The summed E-state index contributed by atoms with van der Waals surface area (Å²) in [6, 6.07) is -1.41. The van der Waals surface area contributed by atoms with Gasteiger partial charge in [-0.15, -0.1) is 0 Å². The van der Waals surface area contributed by atoms with E-state index >= 15 is 0 Å². The number of rotatable bonds is 29. The SMILES string of the molecule is CCCCCCCCCCCCCCCCCCCCCC(=O)N[C@@H](COP(=O)(O)OCC[N+](C)(C)C)C(=O)O. The summed E-state index contributed by atoms with van der Waals surface area (Å²) in [5, 5.41) is 11.7. The standard InChI is InChI=1S/C30H61N2O7P/c1-5-6-7-8-9-10-11-12-13-14-15-16-17-18-19-20-21-22-23-24-29(33)31-28(30(34)35)27-39-40(36,37)38-26-25-32(2,3)4/h28H,5-27H2,1-4H3,(H2-,31,33,34,35,36,37)/p+1/t28-/m0/s1. The molecule has 238 valence electrons. The van der Waals surface area contributed by atoms with Gasteiger partial charge < -0.3 is 19.8 Å². The summed E-state index contributed by atoms with van der Waals surface area (Å²) < 4.78 is 22.2. The zero-order chi connectivity index (χ0) is 30.1. The van der Waals surface area contributed by atoms with E-state index in [4.69, 9.17) is 9.05 Å². The monoisotopic (exact) mass is 593 g/mol. The number of unbranched alkanes of at least 4 members (excludes halogenated alkanes) is 18. The molecular weight excluding hydrogens is 531 g/mol. The Morgan fingerprint density at radius 3 is 1.50 bits per heavy atom. The Bertz CT molecular complexity index is 685. The van der Waals surface area contributed by atoms with Gasteiger partial charge in [-0.05, 0) is 6.42 Å². The Balaban J connectivity index is 3.69. The molecule has 9 nitrogen and oxygen atoms in total. The van der Waals surface area contributed by atoms with Crippen LogP contribution < -0.4 is 5.32 Å². The number of carbonyl (C=O) groups excluding carboxylic acids is 1. The smallest absolute Gasteiger partial charge is 0.472 e. The number of phosphoric acid groups is 1. The predicted octanol–water partition coefficient (Wildman–Crippen LogP) is 7.22. The van der Waals surface area contributed by atoms with Crippen molar-refractivity contribution in [2.75, 3.05) is 40.9 Å². The van der Waals surface area contributed by atoms with Gasteiger partial charge in [-0.25, -0.2) is 9.36 Å². The molecule has 1 amide bonds. The molecule has 0 bridgehead atoms. The van der Waals surface area contributed by atoms with E-state index < -0.39 is 32.3 Å². The topological polar surface area (TPSA) is 122 Å². The van der Waals surface area contributed by atoms with Gasteiger partial charge in [-0.3, -0.25) is 13.8 Å². The van der Waals surface area contributed by atoms with Crippen LogP contribution in [0, 0.1) is 0 Å². The summed E-state index contributed by atoms with van der Waals surface area (Å²) in [5.74, 6) is -1.73. The van der Waals surface area contributed by atoms with Gasteiger partial charge in [-0.2, -0.15) is 0 Å². The second kappa shape index (κ2) is 24.6. The van der Waals surface area contributed by atoms with Gasteiger partial charge in [0.15, 0.2) is 6.04 Å². The number of likely N-dealkylation sites (N-methyl/N-ethyl adjacent to an activating group) is 1. The quantitative estimate of drug-likeness (QED) is 0.0475. The highest BCUT2D eigenvalue weighted by molar-refractivity contribution is 7.47. The molecule has 40 heavy (non-hydrogen) atoms. The maximum Gasteiger partial charge on any atom is 0.472 e. The number of amides is 1. The van der Waals surface area contributed by atoms with E-state index in [2.05, 4.69) is 12.2 Å². The van der Waals surface area contributed by atoms with Crippen LogP contribution in [0.25, 0.3) is 0 Å². The number of quaternary nitrogens is 1. The van der Waals surface area contributed by atoms with Crippen molar-refractivity contribution in [1.29, 1.82) is 0 Å². The lowest BCUT2D eigenvalue weighted by Gasteiger charge is -2.24. The number of carboxylic acids is 1. The van der Waals surface area contributed by atoms with E-state index in [0.29, 0.717) is 17.4 Å². The Morgan fingerprint density at radius 1 is 0.725 bits per heavy atom. The fraction of sp³-hybridized carbons (Fsp3) is 0.933. The molecule has 1 unspecified atom stereocenters. The van der Waals surface area contributed by atoms with E-state index in [9.17, 15) is 24.2 Å². The van der Waals surface area contributed by atoms with E-state index in [1.54, 1.807) is 0 Å². The molecule has 0 fully saturated rings. The zero-order valence-electron chi connectivity index (χ0n) is 26.2. The molecule has 0 radical (unpaired) electrons. The summed E-state index contributed by atoms with van der Waals surface area (Å²) >= 11 is 0. The summed E-state index contributed by atoms with van der Waals surface area (Å²) in [5.41, 5.74) is 0. The Labute approximate surface area is 245 Å². The van der Waals surface area contributed by atoms with Gasteiger partial charge in [0.05, 0.1) is 27.7 Å². The molecule has 0 aliphatic carbocycles. The predicted molar refractivity (Wildman–Crippen MR) is 162 cm³/mol. The van der Waals surface area contributed by atoms with Crippen molar-refractivity contribution >= 4 is 19.7 Å². The summed E-state index contributed by atoms with van der Waals surface area (Å²) in [4.78, 5) is 33.3. The summed E-state index contributed by atoms with van der Waals surface area (Å²) in [7, 11) is 1.32. The third kappa shape index (κ3) is 27.2. The number of carboxylic acid groups (broad SMARTS) is 1. The Kier molecular flexibility index (Phi) is 24.0. The van der Waals surface area contributed by atoms with Crippen LogP contribution in [-0.4, -0.2) is 73.3 Å². The van der Waals surface area contributed by atoms with Crippen molar-refractivity contribution in [2.24, 2.45) is 0 Å². The van der Waals surface area contributed by atoms with E-state index in [-0.39, 0.29) is 13.0 Å². The summed E-state index contributed by atoms with van der Waals surface area (Å²) in [6.07, 6.45) is 24.5. The first-order valence-corrected chi connectivity index (χ1v) is 17.4. The molecule has 0 aromatic carbocycles. The number of nitrogens with one attached hydrogen (secondary N) is 1. The van der Waals surface area contributed by atoms with Crippen molar-refractivity contribution in [2.45, 2.75) is 141 Å². The van der Waals surface area contributed by atoms with Crippen LogP contribution in [0.3, 0.4) is 0 Å². The third-order valence-electron chi connectivity index (χ3n) is 7.06. The second-order valence-electron chi connectivity index (χ2n) is 12.2. The van der Waals surface area contributed by atoms with Crippen molar-refractivity contribution in [3.8, 4) is 0 Å². The fourth-order valence-corrected chi connectivity index (χ4v) is 5.17. The molecule has 0 saturated heterocycles. The van der Waals surface area contributed by atoms with Gasteiger partial charge in [0.2, 0.25) is 5.91 Å². The first-order chi connectivity index (χ1) is 19.0. The van der Waals surface area contributed by atoms with E-state index in [1.807, 2.05) is 21.1 Å². The second-order valence-corrected chi connectivity index (χ2v) is 13.6. The zero-order valence-corrected chi connectivity index (χ0v) is 27.1. The molecule has 0 aromatic heterocycles. The molecule has 0 rings (SSSR count). The molecule has 0 heterocycles. The van der Waals surface area contributed by atoms with Crippen LogP contribution >= 0.6 is 7.82 Å². The fourth-order valence-electron chi connectivity index (χ4n) is 4.44. The molecular formula is C30H62N2O7P+. The van der Waals surface area contributed by atoms with Crippen molar-refractivity contribution in [1.82, 2.24) is 5.32 Å². The molecule has 3 N–H and O–H groups in total. The Morgan fingerprint density at radius 2 is 1.12 bits per heavy atom. The molecule has 0 aliphatic heterocycles. The highest BCUT2D eigenvalue weighted by atomic mass is 31.2. The van der Waals surface area contributed by atoms with Crippen LogP contribution in [0.2, 0.25) is 0 Å². The van der Waals surface area contributed by atoms with E-state index in [0.717, 1.165) is 19.3 Å². The number of carbonyl (C=O) groups is 2. The summed E-state index contributed by atoms with van der Waals surface area (Å²) in [6.45, 7) is 2.09. The molecule has 10 heteroatoms. The average Bonchev–Trinajstić information content (AvgIpc) is 2.86. The normalized spacial score (nSPS) is 14.1. The van der Waals surface area contributed by atoms with Crippen LogP contribution in [0.1, 0.15) is 135 Å². The van der Waals surface area contributed by atoms with Crippen molar-refractivity contribution in [3.63, 3.8) is 0 Å². The molecule has 0 saturated carbocycles. The van der Waals surface area contributed by atoms with Crippen LogP contribution in [0.4, 0.5) is 0 Å². The number of hydrogen-bond acceptors (Lipinski definition) is 5. The average molecular weight is 594 g/mol. The first-order valence-electron chi connectivity index (χ1n) is 15.9. The molecule has 0 aliphatic rings. The van der Waals surface area contributed by atoms with Crippen LogP contribution in [0.5, 0.6) is 0 Å². The minimum Gasteiger partial charge on any atom is -0.480 e. The lowest BCUT2D eigenvalue weighted by Crippen LogP contribution is -2.43. The maximum atomic E-state index is 12.2. The molecule has 0 aromatic rings. The van der Waals surface area contributed by atoms with E-state index in [1.165, 1.54) is 96.3 Å². The van der Waals surface area contributed by atoms with Crippen molar-refractivity contribution in [3.05, 3.63) is 0 Å². The van der Waals surface area contributed by atoms with Crippen LogP contribution in [-0.2, 0) is 23.2 Å². The number of phosphoric ester groups is 1. The highest BCUT2D eigenvalue weighted by Crippen LogP contribution is 2.43. The lowest BCUT2D eigenvalue weighted by atomic mass is 10.0. The van der Waals surface area contributed by atoms with Crippen molar-refractivity contribution < 1.29 is 37.7 Å². The maximum absolute atomic E-state index is 12.2. The minimum atomic E-state index is -4.40. The molecule has 0 spiro atoms. The minimum absolute atomic E-state index is 0.0131. The van der Waals surface area contributed by atoms with Gasteiger partial charge in [0.1, 0.15) is 13.2 Å². The van der Waals surface area contributed by atoms with Gasteiger partial charge >= 0.3 is 13.8 Å². The first kappa shape index (κ1) is 39.0. The lowest BCUT2D eigenvalue weighted by molar-refractivity contribution is -0.870. The number of aliphatic carboxylic acids is 1. The van der Waals surface area contributed by atoms with Gasteiger partial charge in [0.25, 0.3) is 0 Å². The van der Waals surface area contributed by atoms with Crippen LogP contribution in [0.15, 0.2) is 0 Å². The molecule has 2 atom stereocenters. The number of nitrogens with zero attached hydrogens (tertiary/aromatic N) is 1. The van der Waals surface area contributed by atoms with Gasteiger partial charge in [-0.1, -0.05) is 122 Å². The highest BCUT2D eigenvalue weighted by Gasteiger charge is 2.28. The Hall–Kier alpha value is -0.990.